The predicted molar refractivity (Wildman–Crippen MR) is 124 cm³/mol. The first-order chi connectivity index (χ1) is 14.9. The van der Waals surface area contributed by atoms with Crippen LogP contribution in [-0.4, -0.2) is 24.6 Å². The molecule has 0 amide bonds. The van der Waals surface area contributed by atoms with Crippen molar-refractivity contribution in [1.29, 1.82) is 0 Å². The number of benzene rings is 2. The Morgan fingerprint density at radius 2 is 1.74 bits per heavy atom. The molecular formula is C24H24Cl2N2O3. The Labute approximate surface area is 192 Å². The summed E-state index contributed by atoms with van der Waals surface area (Å²) < 4.78 is 10.8. The monoisotopic (exact) mass is 458 g/mol. The van der Waals surface area contributed by atoms with Crippen LogP contribution in [0.5, 0.6) is 11.6 Å². The Morgan fingerprint density at radius 1 is 1.00 bits per heavy atom. The van der Waals surface area contributed by atoms with Crippen molar-refractivity contribution in [2.75, 3.05) is 18.6 Å². The number of nitrogens with zero attached hydrogens (tertiary/aromatic N) is 2. The Bertz CT molecular complexity index is 1010. The number of rotatable bonds is 9. The molecule has 0 aliphatic carbocycles. The average Bonchev–Trinajstić information content (AvgIpc) is 2.76. The minimum Gasteiger partial charge on any atom is -0.466 e. The number of ether oxygens (including phenoxy) is 2. The van der Waals surface area contributed by atoms with Gasteiger partial charge in [0.25, 0.3) is 0 Å². The molecule has 0 saturated carbocycles. The zero-order chi connectivity index (χ0) is 22.2. The highest BCUT2D eigenvalue weighted by molar-refractivity contribution is 6.42. The summed E-state index contributed by atoms with van der Waals surface area (Å²) >= 11 is 12.1. The summed E-state index contributed by atoms with van der Waals surface area (Å²) in [7, 11) is 1.98. The fraction of sp³-hybridized carbons (Fsp3) is 0.250. The van der Waals surface area contributed by atoms with Gasteiger partial charge in [-0.15, -0.1) is 0 Å². The number of carbonyl (C=O) groups excluding carboxylic acids is 1. The van der Waals surface area contributed by atoms with Gasteiger partial charge < -0.3 is 14.4 Å². The molecular weight excluding hydrogens is 435 g/mol. The molecule has 3 aromatic rings. The fourth-order valence-electron chi connectivity index (χ4n) is 2.99. The van der Waals surface area contributed by atoms with Gasteiger partial charge >= 0.3 is 5.97 Å². The summed E-state index contributed by atoms with van der Waals surface area (Å²) in [5.41, 5.74) is 3.06. The Morgan fingerprint density at radius 3 is 2.39 bits per heavy atom. The molecule has 0 unspecified atom stereocenters. The minimum atomic E-state index is -0.184. The van der Waals surface area contributed by atoms with E-state index in [2.05, 4.69) is 9.88 Å². The first kappa shape index (κ1) is 22.9. The molecule has 0 radical (unpaired) electrons. The van der Waals surface area contributed by atoms with Crippen molar-refractivity contribution in [2.45, 2.75) is 26.3 Å². The third-order valence-electron chi connectivity index (χ3n) is 4.63. The van der Waals surface area contributed by atoms with Crippen molar-refractivity contribution in [2.24, 2.45) is 0 Å². The molecule has 0 atom stereocenters. The molecule has 1 heterocycles. The maximum atomic E-state index is 11.5. The van der Waals surface area contributed by atoms with Crippen LogP contribution in [0.15, 0.2) is 60.8 Å². The second kappa shape index (κ2) is 11.0. The summed E-state index contributed by atoms with van der Waals surface area (Å²) in [4.78, 5) is 17.9. The van der Waals surface area contributed by atoms with Crippen molar-refractivity contribution < 1.29 is 14.3 Å². The van der Waals surface area contributed by atoms with Crippen LogP contribution in [0.25, 0.3) is 0 Å². The van der Waals surface area contributed by atoms with Crippen molar-refractivity contribution in [1.82, 2.24) is 4.98 Å². The smallest absolute Gasteiger partial charge is 0.306 e. The molecule has 0 N–H and O–H groups in total. The third-order valence-corrected chi connectivity index (χ3v) is 5.37. The first-order valence-corrected chi connectivity index (χ1v) is 10.7. The highest BCUT2D eigenvalue weighted by Crippen LogP contribution is 2.25. The fourth-order valence-corrected chi connectivity index (χ4v) is 3.31. The third kappa shape index (κ3) is 6.88. The van der Waals surface area contributed by atoms with E-state index in [1.807, 2.05) is 55.6 Å². The molecule has 0 spiro atoms. The zero-order valence-electron chi connectivity index (χ0n) is 17.5. The second-order valence-corrected chi connectivity index (χ2v) is 7.82. The number of halogens is 2. The molecule has 162 valence electrons. The lowest BCUT2D eigenvalue weighted by molar-refractivity contribution is -0.143. The lowest BCUT2D eigenvalue weighted by Crippen LogP contribution is -2.16. The van der Waals surface area contributed by atoms with Gasteiger partial charge in [-0.2, -0.15) is 0 Å². The SMILES string of the molecule is CCOC(=O)CCc1ccc(Oc2ccc(N(C)Cc3ccc(Cl)c(Cl)c3)cn2)cc1. The first-order valence-electron chi connectivity index (χ1n) is 9.98. The number of carbonyl (C=O) groups is 1. The Hall–Kier alpha value is -2.76. The van der Waals surface area contributed by atoms with E-state index >= 15 is 0 Å². The van der Waals surface area contributed by atoms with Gasteiger partial charge in [-0.3, -0.25) is 4.79 Å². The number of anilines is 1. The van der Waals surface area contributed by atoms with E-state index in [9.17, 15) is 4.79 Å². The molecule has 0 fully saturated rings. The van der Waals surface area contributed by atoms with E-state index in [1.54, 1.807) is 19.2 Å². The molecule has 1 aromatic heterocycles. The predicted octanol–water partition coefficient (Wildman–Crippen LogP) is 6.31. The van der Waals surface area contributed by atoms with E-state index in [0.29, 0.717) is 47.7 Å². The van der Waals surface area contributed by atoms with Crippen molar-refractivity contribution in [3.63, 3.8) is 0 Å². The summed E-state index contributed by atoms with van der Waals surface area (Å²) in [5, 5.41) is 1.09. The van der Waals surface area contributed by atoms with Crippen LogP contribution in [0.4, 0.5) is 5.69 Å². The van der Waals surface area contributed by atoms with Gasteiger partial charge in [0, 0.05) is 26.1 Å². The highest BCUT2D eigenvalue weighted by atomic mass is 35.5. The molecule has 0 bridgehead atoms. The zero-order valence-corrected chi connectivity index (χ0v) is 19.0. The van der Waals surface area contributed by atoms with Crippen LogP contribution in [-0.2, 0) is 22.5 Å². The number of hydrogen-bond donors (Lipinski definition) is 0. The van der Waals surface area contributed by atoms with Crippen LogP contribution in [0.2, 0.25) is 10.0 Å². The van der Waals surface area contributed by atoms with Crippen molar-refractivity contribution >= 4 is 34.9 Å². The highest BCUT2D eigenvalue weighted by Gasteiger charge is 2.07. The molecule has 0 aliphatic rings. The van der Waals surface area contributed by atoms with Crippen LogP contribution in [0.1, 0.15) is 24.5 Å². The van der Waals surface area contributed by atoms with Gasteiger partial charge in [-0.05, 0) is 54.8 Å². The number of aromatic nitrogens is 1. The number of hydrogen-bond acceptors (Lipinski definition) is 5. The molecule has 2 aromatic carbocycles. The minimum absolute atomic E-state index is 0.184. The van der Waals surface area contributed by atoms with Gasteiger partial charge in [0.2, 0.25) is 5.88 Å². The number of esters is 1. The lowest BCUT2D eigenvalue weighted by atomic mass is 10.1. The standard InChI is InChI=1S/C24H24Cl2N2O3/c1-3-30-24(29)13-7-17-4-9-20(10-5-17)31-23-12-8-19(15-27-23)28(2)16-18-6-11-21(25)22(26)14-18/h4-6,8-12,14-15H,3,7,13,16H2,1-2H3. The summed E-state index contributed by atoms with van der Waals surface area (Å²) in [6.45, 7) is 2.88. The summed E-state index contributed by atoms with van der Waals surface area (Å²) in [6, 6.07) is 17.0. The number of pyridine rings is 1. The molecule has 7 heteroatoms. The second-order valence-electron chi connectivity index (χ2n) is 7.01. The van der Waals surface area contributed by atoms with Crippen LogP contribution >= 0.6 is 23.2 Å². The van der Waals surface area contributed by atoms with Crippen molar-refractivity contribution in [3.05, 3.63) is 82.0 Å². The molecule has 5 nitrogen and oxygen atoms in total. The van der Waals surface area contributed by atoms with E-state index in [-0.39, 0.29) is 5.97 Å². The lowest BCUT2D eigenvalue weighted by Gasteiger charge is -2.19. The van der Waals surface area contributed by atoms with E-state index in [4.69, 9.17) is 32.7 Å². The maximum Gasteiger partial charge on any atom is 0.306 e. The number of aryl methyl sites for hydroxylation is 1. The molecule has 0 saturated heterocycles. The molecule has 3 rings (SSSR count). The van der Waals surface area contributed by atoms with Crippen LogP contribution in [0.3, 0.4) is 0 Å². The van der Waals surface area contributed by atoms with Crippen LogP contribution < -0.4 is 9.64 Å². The normalized spacial score (nSPS) is 10.6. The molecule has 31 heavy (non-hydrogen) atoms. The maximum absolute atomic E-state index is 11.5. The van der Waals surface area contributed by atoms with Crippen LogP contribution in [0, 0.1) is 0 Å². The van der Waals surface area contributed by atoms with Crippen molar-refractivity contribution in [3.8, 4) is 11.6 Å². The largest absolute Gasteiger partial charge is 0.466 e. The van der Waals surface area contributed by atoms with Gasteiger partial charge in [0.15, 0.2) is 0 Å². The quantitative estimate of drug-likeness (QED) is 0.351. The summed E-state index contributed by atoms with van der Waals surface area (Å²) in [5.74, 6) is 1.01. The van der Waals surface area contributed by atoms with E-state index in [0.717, 1.165) is 16.8 Å². The summed E-state index contributed by atoms with van der Waals surface area (Å²) in [6.07, 6.45) is 2.77. The van der Waals surface area contributed by atoms with Gasteiger partial charge in [-0.25, -0.2) is 4.98 Å². The van der Waals surface area contributed by atoms with Gasteiger partial charge in [0.1, 0.15) is 5.75 Å². The Balaban J connectivity index is 1.55. The van der Waals surface area contributed by atoms with E-state index < -0.39 is 0 Å². The topological polar surface area (TPSA) is 51.7 Å². The Kier molecular flexibility index (Phi) is 8.15. The van der Waals surface area contributed by atoms with E-state index in [1.165, 1.54) is 0 Å². The van der Waals surface area contributed by atoms with Gasteiger partial charge in [-0.1, -0.05) is 41.4 Å². The average molecular weight is 459 g/mol. The molecule has 0 aliphatic heterocycles. The van der Waals surface area contributed by atoms with Gasteiger partial charge in [0.05, 0.1) is 28.5 Å².